The molecular formula is C14H17ClF2N2O. The molecule has 1 atom stereocenters. The van der Waals surface area contributed by atoms with Crippen molar-refractivity contribution < 1.29 is 13.6 Å². The molecule has 0 aromatic heterocycles. The lowest BCUT2D eigenvalue weighted by molar-refractivity contribution is 0.0770. The molecule has 0 radical (unpaired) electrons. The maximum absolute atomic E-state index is 13.6. The van der Waals surface area contributed by atoms with Gasteiger partial charge in [-0.1, -0.05) is 6.07 Å². The molecule has 0 bridgehead atoms. The van der Waals surface area contributed by atoms with Crippen molar-refractivity contribution in [3.8, 4) is 0 Å². The van der Waals surface area contributed by atoms with Crippen LogP contribution in [-0.4, -0.2) is 37.0 Å². The van der Waals surface area contributed by atoms with Gasteiger partial charge in [-0.15, -0.1) is 12.4 Å². The van der Waals surface area contributed by atoms with Crippen LogP contribution in [0.1, 0.15) is 23.2 Å². The van der Waals surface area contributed by atoms with Crippen molar-refractivity contribution >= 4 is 18.3 Å². The predicted molar refractivity (Wildman–Crippen MR) is 74.0 cm³/mol. The Morgan fingerprint density at radius 3 is 2.80 bits per heavy atom. The molecule has 20 heavy (non-hydrogen) atoms. The van der Waals surface area contributed by atoms with Crippen LogP contribution in [0, 0.1) is 17.0 Å². The predicted octanol–water partition coefficient (Wildman–Crippen LogP) is 2.21. The Morgan fingerprint density at radius 1 is 1.30 bits per heavy atom. The topological polar surface area (TPSA) is 32.3 Å². The lowest BCUT2D eigenvalue weighted by Gasteiger charge is -2.22. The first-order valence-corrected chi connectivity index (χ1v) is 6.55. The van der Waals surface area contributed by atoms with Crippen molar-refractivity contribution in [2.75, 3.05) is 26.2 Å². The van der Waals surface area contributed by atoms with Crippen LogP contribution in [0.15, 0.2) is 18.2 Å². The van der Waals surface area contributed by atoms with Crippen molar-refractivity contribution in [2.45, 2.75) is 12.8 Å². The Bertz CT molecular complexity index is 518. The van der Waals surface area contributed by atoms with E-state index in [2.05, 4.69) is 5.32 Å². The molecular weight excluding hydrogens is 286 g/mol. The summed E-state index contributed by atoms with van der Waals surface area (Å²) in [5, 5.41) is 3.30. The molecule has 2 saturated heterocycles. The second-order valence-corrected chi connectivity index (χ2v) is 5.50. The smallest absolute Gasteiger partial charge is 0.256 e. The molecule has 3 nitrogen and oxygen atoms in total. The van der Waals surface area contributed by atoms with Gasteiger partial charge in [0.2, 0.25) is 0 Å². The number of hydrogen-bond donors (Lipinski definition) is 1. The van der Waals surface area contributed by atoms with Gasteiger partial charge in [-0.25, -0.2) is 8.78 Å². The number of hydrogen-bond acceptors (Lipinski definition) is 2. The van der Waals surface area contributed by atoms with E-state index in [4.69, 9.17) is 0 Å². The summed E-state index contributed by atoms with van der Waals surface area (Å²) in [6, 6.07) is 3.74. The Labute approximate surface area is 122 Å². The van der Waals surface area contributed by atoms with Crippen LogP contribution in [0.2, 0.25) is 0 Å². The van der Waals surface area contributed by atoms with Crippen molar-refractivity contribution in [3.05, 3.63) is 35.4 Å². The van der Waals surface area contributed by atoms with Crippen molar-refractivity contribution in [2.24, 2.45) is 5.41 Å². The molecule has 110 valence electrons. The van der Waals surface area contributed by atoms with Gasteiger partial charge in [0.15, 0.2) is 11.6 Å². The fourth-order valence-electron chi connectivity index (χ4n) is 3.09. The number of nitrogens with one attached hydrogen (secondary N) is 1. The number of amides is 1. The SMILES string of the molecule is Cl.O=C(c1cccc(F)c1F)N1CCC2(CCNC2)C1. The molecule has 1 spiro atoms. The standard InChI is InChI=1S/C14H16F2N2O.ClH/c15-11-3-1-2-10(12(11)16)13(19)18-7-5-14(9-18)4-6-17-8-14;/h1-3,17H,4-9H2;1H. The Kier molecular flexibility index (Phi) is 4.30. The lowest BCUT2D eigenvalue weighted by atomic mass is 9.86. The van der Waals surface area contributed by atoms with Crippen LogP contribution in [0.4, 0.5) is 8.78 Å². The minimum atomic E-state index is -1.04. The van der Waals surface area contributed by atoms with Crippen LogP contribution >= 0.6 is 12.4 Å². The molecule has 6 heteroatoms. The fraction of sp³-hybridized carbons (Fsp3) is 0.500. The number of likely N-dealkylation sites (tertiary alicyclic amines) is 1. The number of halogens is 3. The highest BCUT2D eigenvalue weighted by atomic mass is 35.5. The molecule has 1 aromatic carbocycles. The summed E-state index contributed by atoms with van der Waals surface area (Å²) in [7, 11) is 0. The monoisotopic (exact) mass is 302 g/mol. The van der Waals surface area contributed by atoms with Crippen LogP contribution in [-0.2, 0) is 0 Å². The van der Waals surface area contributed by atoms with Gasteiger partial charge in [-0.3, -0.25) is 4.79 Å². The lowest BCUT2D eigenvalue weighted by Crippen LogP contribution is -2.33. The van der Waals surface area contributed by atoms with E-state index in [1.807, 2.05) is 0 Å². The van der Waals surface area contributed by atoms with E-state index in [-0.39, 0.29) is 23.4 Å². The summed E-state index contributed by atoms with van der Waals surface area (Å²) in [5.41, 5.74) is -0.0255. The maximum atomic E-state index is 13.6. The fourth-order valence-corrected chi connectivity index (χ4v) is 3.09. The number of carbonyl (C=O) groups excluding carboxylic acids is 1. The summed E-state index contributed by atoms with van der Waals surface area (Å²) in [6.45, 7) is 3.13. The highest BCUT2D eigenvalue weighted by Crippen LogP contribution is 2.36. The third kappa shape index (κ3) is 2.52. The van der Waals surface area contributed by atoms with Crippen molar-refractivity contribution in [1.82, 2.24) is 10.2 Å². The van der Waals surface area contributed by atoms with Crippen LogP contribution in [0.3, 0.4) is 0 Å². The number of nitrogens with zero attached hydrogens (tertiary/aromatic N) is 1. The van der Waals surface area contributed by atoms with E-state index in [0.717, 1.165) is 32.0 Å². The van der Waals surface area contributed by atoms with E-state index in [9.17, 15) is 13.6 Å². The highest BCUT2D eigenvalue weighted by Gasteiger charge is 2.42. The molecule has 0 aliphatic carbocycles. The van der Waals surface area contributed by atoms with Gasteiger partial charge in [0.1, 0.15) is 0 Å². The number of rotatable bonds is 1. The summed E-state index contributed by atoms with van der Waals surface area (Å²) in [6.07, 6.45) is 1.98. The molecule has 1 unspecified atom stereocenters. The molecule has 2 fully saturated rings. The average Bonchev–Trinajstić information content (AvgIpc) is 3.03. The van der Waals surface area contributed by atoms with E-state index in [1.54, 1.807) is 4.90 Å². The van der Waals surface area contributed by atoms with Crippen molar-refractivity contribution in [1.29, 1.82) is 0 Å². The Morgan fingerprint density at radius 2 is 2.10 bits per heavy atom. The average molecular weight is 303 g/mol. The summed E-state index contributed by atoms with van der Waals surface area (Å²) < 4.78 is 26.8. The zero-order valence-corrected chi connectivity index (χ0v) is 11.8. The number of carbonyl (C=O) groups is 1. The largest absolute Gasteiger partial charge is 0.338 e. The molecule has 1 aromatic rings. The zero-order valence-electron chi connectivity index (χ0n) is 11.0. The summed E-state index contributed by atoms with van der Waals surface area (Å²) in [5.74, 6) is -2.42. The third-order valence-corrected chi connectivity index (χ3v) is 4.24. The Balaban J connectivity index is 0.00000147. The zero-order chi connectivity index (χ0) is 13.5. The minimum absolute atomic E-state index is 0. The van der Waals surface area contributed by atoms with Crippen molar-refractivity contribution in [3.63, 3.8) is 0 Å². The quantitative estimate of drug-likeness (QED) is 0.863. The van der Waals surface area contributed by atoms with Gasteiger partial charge in [-0.2, -0.15) is 0 Å². The summed E-state index contributed by atoms with van der Waals surface area (Å²) >= 11 is 0. The molecule has 2 aliphatic rings. The van der Waals surface area contributed by atoms with Crippen LogP contribution in [0.5, 0.6) is 0 Å². The second kappa shape index (κ2) is 5.66. The first-order valence-electron chi connectivity index (χ1n) is 6.55. The van der Waals surface area contributed by atoms with Gasteiger partial charge in [0.05, 0.1) is 5.56 Å². The van der Waals surface area contributed by atoms with Gasteiger partial charge in [-0.05, 0) is 31.5 Å². The second-order valence-electron chi connectivity index (χ2n) is 5.50. The van der Waals surface area contributed by atoms with Gasteiger partial charge in [0, 0.05) is 25.0 Å². The molecule has 1 N–H and O–H groups in total. The molecule has 2 heterocycles. The molecule has 3 rings (SSSR count). The first-order chi connectivity index (χ1) is 9.11. The van der Waals surface area contributed by atoms with E-state index >= 15 is 0 Å². The number of benzene rings is 1. The van der Waals surface area contributed by atoms with Gasteiger partial charge >= 0.3 is 0 Å². The normalized spacial score (nSPS) is 25.0. The van der Waals surface area contributed by atoms with Gasteiger partial charge < -0.3 is 10.2 Å². The Hall–Kier alpha value is -1.20. The minimum Gasteiger partial charge on any atom is -0.338 e. The molecule has 1 amide bonds. The van der Waals surface area contributed by atoms with Gasteiger partial charge in [0.25, 0.3) is 5.91 Å². The maximum Gasteiger partial charge on any atom is 0.256 e. The van der Waals surface area contributed by atoms with E-state index in [1.165, 1.54) is 12.1 Å². The van der Waals surface area contributed by atoms with E-state index < -0.39 is 17.5 Å². The van der Waals surface area contributed by atoms with Crippen LogP contribution < -0.4 is 5.32 Å². The van der Waals surface area contributed by atoms with E-state index in [0.29, 0.717) is 13.1 Å². The first kappa shape index (κ1) is 15.2. The molecule has 2 aliphatic heterocycles. The third-order valence-electron chi connectivity index (χ3n) is 4.24. The molecule has 0 saturated carbocycles. The van der Waals surface area contributed by atoms with Crippen LogP contribution in [0.25, 0.3) is 0 Å². The summed E-state index contributed by atoms with van der Waals surface area (Å²) in [4.78, 5) is 13.9. The highest BCUT2D eigenvalue weighted by molar-refractivity contribution is 5.94.